The van der Waals surface area contributed by atoms with Crippen LogP contribution < -0.4 is 5.32 Å². The van der Waals surface area contributed by atoms with Crippen LogP contribution in [0.2, 0.25) is 0 Å². The minimum Gasteiger partial charge on any atom is -0.458 e. The molecule has 0 spiro atoms. The molecule has 0 aliphatic carbocycles. The van der Waals surface area contributed by atoms with Crippen molar-refractivity contribution in [3.63, 3.8) is 0 Å². The van der Waals surface area contributed by atoms with E-state index in [1.807, 2.05) is 0 Å². The van der Waals surface area contributed by atoms with Crippen molar-refractivity contribution < 1.29 is 23.8 Å². The second-order valence-electron chi connectivity index (χ2n) is 5.50. The van der Waals surface area contributed by atoms with Gasteiger partial charge in [0.05, 0.1) is 25.0 Å². The Labute approximate surface area is 130 Å². The lowest BCUT2D eigenvalue weighted by atomic mass is 10.2. The third-order valence-corrected chi connectivity index (χ3v) is 2.14. The summed E-state index contributed by atoms with van der Waals surface area (Å²) in [7, 11) is 1.51. The number of likely N-dealkylation sites (N-methyl/N-ethyl adjacent to an activating group) is 1. The SMILES string of the molecule is CN(CCOCC(=O)NCCOCC(=O)OC(C)(C)C)N=O. The van der Waals surface area contributed by atoms with Crippen LogP contribution in [0.1, 0.15) is 20.8 Å². The van der Waals surface area contributed by atoms with Crippen LogP contribution in [-0.2, 0) is 23.8 Å². The van der Waals surface area contributed by atoms with Crippen molar-refractivity contribution in [1.82, 2.24) is 10.3 Å². The van der Waals surface area contributed by atoms with Crippen molar-refractivity contribution in [3.05, 3.63) is 4.91 Å². The lowest BCUT2D eigenvalue weighted by molar-refractivity contribution is -0.160. The number of nitroso groups, excluding NO2 is 1. The molecule has 0 saturated heterocycles. The summed E-state index contributed by atoms with van der Waals surface area (Å²) in [6.45, 7) is 6.05. The van der Waals surface area contributed by atoms with Gasteiger partial charge in [0, 0.05) is 13.6 Å². The smallest absolute Gasteiger partial charge is 0.332 e. The molecule has 0 bridgehead atoms. The summed E-state index contributed by atoms with van der Waals surface area (Å²) in [4.78, 5) is 32.7. The average Bonchev–Trinajstić information content (AvgIpc) is 2.40. The fraction of sp³-hybridized carbons (Fsp3) is 0.846. The molecule has 0 aliphatic heterocycles. The van der Waals surface area contributed by atoms with Gasteiger partial charge in [-0.2, -0.15) is 0 Å². The molecule has 0 rings (SSSR count). The molecule has 22 heavy (non-hydrogen) atoms. The third kappa shape index (κ3) is 13.3. The van der Waals surface area contributed by atoms with Gasteiger partial charge < -0.3 is 19.5 Å². The molecule has 0 heterocycles. The number of hydrogen-bond donors (Lipinski definition) is 1. The lowest BCUT2D eigenvalue weighted by Crippen LogP contribution is -2.32. The van der Waals surface area contributed by atoms with Gasteiger partial charge in [-0.15, -0.1) is 4.91 Å². The molecular formula is C13H25N3O6. The summed E-state index contributed by atoms with van der Waals surface area (Å²) in [5.74, 6) is -0.752. The highest BCUT2D eigenvalue weighted by Gasteiger charge is 2.15. The maximum Gasteiger partial charge on any atom is 0.332 e. The minimum absolute atomic E-state index is 0.112. The molecule has 9 nitrogen and oxygen atoms in total. The standard InChI is InChI=1S/C13H25N3O6/c1-13(2,3)22-12(18)10-20-7-5-14-11(17)9-21-8-6-16(4)15-19/h5-10H2,1-4H3,(H,14,17). The Morgan fingerprint density at radius 2 is 1.77 bits per heavy atom. The minimum atomic E-state index is -0.542. The van der Waals surface area contributed by atoms with E-state index in [4.69, 9.17) is 14.2 Å². The lowest BCUT2D eigenvalue weighted by Gasteiger charge is -2.19. The molecule has 1 amide bonds. The Hall–Kier alpha value is -1.74. The van der Waals surface area contributed by atoms with Crippen LogP contribution in [0.25, 0.3) is 0 Å². The highest BCUT2D eigenvalue weighted by molar-refractivity contribution is 5.77. The molecule has 0 atom stereocenters. The first-order valence-electron chi connectivity index (χ1n) is 6.93. The Balaban J connectivity index is 3.49. The molecule has 0 aliphatic rings. The van der Waals surface area contributed by atoms with Crippen LogP contribution in [0.5, 0.6) is 0 Å². The number of carbonyl (C=O) groups is 2. The van der Waals surface area contributed by atoms with E-state index in [1.54, 1.807) is 20.8 Å². The van der Waals surface area contributed by atoms with Gasteiger partial charge in [0.1, 0.15) is 18.8 Å². The van der Waals surface area contributed by atoms with Crippen molar-refractivity contribution in [2.24, 2.45) is 5.29 Å². The number of rotatable bonds is 11. The number of amides is 1. The fourth-order valence-electron chi connectivity index (χ4n) is 1.24. The predicted molar refractivity (Wildman–Crippen MR) is 78.9 cm³/mol. The van der Waals surface area contributed by atoms with Crippen LogP contribution in [-0.4, -0.2) is 69.1 Å². The Bertz CT molecular complexity index is 356. The van der Waals surface area contributed by atoms with Crippen molar-refractivity contribution in [1.29, 1.82) is 0 Å². The van der Waals surface area contributed by atoms with E-state index in [0.29, 0.717) is 6.54 Å². The predicted octanol–water partition coefficient (Wildman–Crippen LogP) is 0.0907. The van der Waals surface area contributed by atoms with Crippen molar-refractivity contribution >= 4 is 11.9 Å². The van der Waals surface area contributed by atoms with Crippen LogP contribution in [0.4, 0.5) is 0 Å². The topological polar surface area (TPSA) is 107 Å². The molecule has 9 heteroatoms. The quantitative estimate of drug-likeness (QED) is 0.249. The van der Waals surface area contributed by atoms with Gasteiger partial charge in [0.15, 0.2) is 0 Å². The summed E-state index contributed by atoms with van der Waals surface area (Å²) in [6, 6.07) is 0. The highest BCUT2D eigenvalue weighted by atomic mass is 16.6. The molecule has 0 aromatic heterocycles. The van der Waals surface area contributed by atoms with Crippen molar-refractivity contribution in [2.75, 3.05) is 46.6 Å². The molecule has 0 unspecified atom stereocenters. The third-order valence-electron chi connectivity index (χ3n) is 2.14. The number of hydrogen-bond acceptors (Lipinski definition) is 7. The number of ether oxygens (including phenoxy) is 3. The van der Waals surface area contributed by atoms with E-state index in [-0.39, 0.29) is 38.9 Å². The summed E-state index contributed by atoms with van der Waals surface area (Å²) in [6.07, 6.45) is 0. The molecule has 0 radical (unpaired) electrons. The van der Waals surface area contributed by atoms with Crippen molar-refractivity contribution in [3.8, 4) is 0 Å². The Morgan fingerprint density at radius 1 is 1.14 bits per heavy atom. The van der Waals surface area contributed by atoms with E-state index in [1.165, 1.54) is 12.1 Å². The molecule has 0 aromatic rings. The Morgan fingerprint density at radius 3 is 2.36 bits per heavy atom. The monoisotopic (exact) mass is 319 g/mol. The largest absolute Gasteiger partial charge is 0.458 e. The first kappa shape index (κ1) is 20.3. The van der Waals surface area contributed by atoms with E-state index < -0.39 is 11.6 Å². The van der Waals surface area contributed by atoms with E-state index in [9.17, 15) is 14.5 Å². The number of nitrogens with zero attached hydrogens (tertiary/aromatic N) is 2. The van der Waals surface area contributed by atoms with E-state index in [0.717, 1.165) is 0 Å². The summed E-state index contributed by atoms with van der Waals surface area (Å²) in [5.41, 5.74) is -0.542. The van der Waals surface area contributed by atoms with E-state index >= 15 is 0 Å². The Kier molecular flexibility index (Phi) is 10.0. The maximum atomic E-state index is 11.4. The van der Waals surface area contributed by atoms with Gasteiger partial charge in [-0.3, -0.25) is 9.80 Å². The molecule has 0 aromatic carbocycles. The van der Waals surface area contributed by atoms with Gasteiger partial charge in [0.25, 0.3) is 0 Å². The normalized spacial score (nSPS) is 10.9. The number of esters is 1. The molecule has 1 N–H and O–H groups in total. The number of nitrogens with one attached hydrogen (secondary N) is 1. The van der Waals surface area contributed by atoms with Crippen LogP contribution in [0.3, 0.4) is 0 Å². The van der Waals surface area contributed by atoms with Gasteiger partial charge in [-0.05, 0) is 20.8 Å². The summed E-state index contributed by atoms with van der Waals surface area (Å²) < 4.78 is 15.2. The molecule has 128 valence electrons. The highest BCUT2D eigenvalue weighted by Crippen LogP contribution is 2.06. The van der Waals surface area contributed by atoms with Gasteiger partial charge >= 0.3 is 5.97 Å². The summed E-state index contributed by atoms with van der Waals surface area (Å²) >= 11 is 0. The second-order valence-corrected chi connectivity index (χ2v) is 5.50. The van der Waals surface area contributed by atoms with Gasteiger partial charge in [0.2, 0.25) is 5.91 Å². The fourth-order valence-corrected chi connectivity index (χ4v) is 1.24. The molecule has 0 saturated carbocycles. The first-order chi connectivity index (χ1) is 10.2. The van der Waals surface area contributed by atoms with Crippen LogP contribution in [0, 0.1) is 4.91 Å². The molecule has 0 fully saturated rings. The average molecular weight is 319 g/mol. The van der Waals surface area contributed by atoms with Gasteiger partial charge in [-0.1, -0.05) is 0 Å². The molecular weight excluding hydrogens is 294 g/mol. The van der Waals surface area contributed by atoms with Gasteiger partial charge in [-0.25, -0.2) is 4.79 Å². The van der Waals surface area contributed by atoms with Crippen LogP contribution in [0.15, 0.2) is 5.29 Å². The number of carbonyl (C=O) groups excluding carboxylic acids is 2. The van der Waals surface area contributed by atoms with Crippen LogP contribution >= 0.6 is 0 Å². The zero-order valence-corrected chi connectivity index (χ0v) is 13.6. The first-order valence-corrected chi connectivity index (χ1v) is 6.93. The summed E-state index contributed by atoms with van der Waals surface area (Å²) in [5, 5.41) is 6.40. The van der Waals surface area contributed by atoms with E-state index in [2.05, 4.69) is 10.6 Å². The maximum absolute atomic E-state index is 11.4. The zero-order chi connectivity index (χ0) is 17.0. The second kappa shape index (κ2) is 10.9. The zero-order valence-electron chi connectivity index (χ0n) is 13.6. The van der Waals surface area contributed by atoms with Crippen molar-refractivity contribution in [2.45, 2.75) is 26.4 Å².